The van der Waals surface area contributed by atoms with Gasteiger partial charge in [0, 0.05) is 24.2 Å². The summed E-state index contributed by atoms with van der Waals surface area (Å²) in [6.07, 6.45) is 1.71. The molecular weight excluding hydrogens is 308 g/mol. The summed E-state index contributed by atoms with van der Waals surface area (Å²) in [5.74, 6) is 0.651. The minimum atomic E-state index is -0.558. The third-order valence-electron chi connectivity index (χ3n) is 3.03. The van der Waals surface area contributed by atoms with Crippen molar-refractivity contribution in [3.05, 3.63) is 54.0 Å². The van der Waals surface area contributed by atoms with Crippen LogP contribution in [0.5, 0.6) is 0 Å². The molecule has 0 spiro atoms. The second kappa shape index (κ2) is 7.68. The van der Waals surface area contributed by atoms with Gasteiger partial charge in [0.05, 0.1) is 6.26 Å². The van der Waals surface area contributed by atoms with E-state index in [4.69, 9.17) is 9.15 Å². The molecule has 2 amide bonds. The molecule has 0 aliphatic heterocycles. The number of ether oxygens (including phenoxy) is 1. The summed E-state index contributed by atoms with van der Waals surface area (Å²) in [5.41, 5.74) is 0.526. The van der Waals surface area contributed by atoms with Gasteiger partial charge in [-0.05, 0) is 57.2 Å². The molecule has 0 fully saturated rings. The lowest BCUT2D eigenvalue weighted by Crippen LogP contribution is -2.27. The van der Waals surface area contributed by atoms with E-state index in [0.717, 1.165) is 5.76 Å². The average Bonchev–Trinajstić information content (AvgIpc) is 2.99. The fraction of sp³-hybridized carbons (Fsp3) is 0.333. The molecule has 6 nitrogen and oxygen atoms in total. The molecule has 2 N–H and O–H groups in total. The lowest BCUT2D eigenvalue weighted by atomic mass is 10.2. The van der Waals surface area contributed by atoms with Gasteiger partial charge in [-0.1, -0.05) is 0 Å². The van der Waals surface area contributed by atoms with Gasteiger partial charge in [-0.2, -0.15) is 0 Å². The highest BCUT2D eigenvalue weighted by molar-refractivity contribution is 5.95. The van der Waals surface area contributed by atoms with Gasteiger partial charge >= 0.3 is 6.09 Å². The van der Waals surface area contributed by atoms with E-state index in [-0.39, 0.29) is 5.91 Å². The maximum absolute atomic E-state index is 12.0. The van der Waals surface area contributed by atoms with Crippen molar-refractivity contribution in [2.24, 2.45) is 0 Å². The van der Waals surface area contributed by atoms with Gasteiger partial charge in [-0.3, -0.25) is 10.1 Å². The van der Waals surface area contributed by atoms with E-state index in [1.165, 1.54) is 0 Å². The van der Waals surface area contributed by atoms with Crippen LogP contribution in [0.2, 0.25) is 0 Å². The predicted molar refractivity (Wildman–Crippen MR) is 91.0 cm³/mol. The van der Waals surface area contributed by atoms with Gasteiger partial charge in [0.15, 0.2) is 0 Å². The van der Waals surface area contributed by atoms with Crippen molar-refractivity contribution in [2.75, 3.05) is 11.9 Å². The minimum absolute atomic E-state index is 0.176. The summed E-state index contributed by atoms with van der Waals surface area (Å²) < 4.78 is 10.4. The van der Waals surface area contributed by atoms with Gasteiger partial charge in [0.2, 0.25) is 0 Å². The number of anilines is 1. The molecule has 6 heteroatoms. The fourth-order valence-corrected chi connectivity index (χ4v) is 1.98. The highest BCUT2D eigenvalue weighted by Crippen LogP contribution is 2.13. The summed E-state index contributed by atoms with van der Waals surface area (Å²) in [6, 6.07) is 10.3. The van der Waals surface area contributed by atoms with Crippen molar-refractivity contribution < 1.29 is 18.7 Å². The molecule has 0 radical (unpaired) electrons. The Morgan fingerprint density at radius 3 is 2.42 bits per heavy atom. The summed E-state index contributed by atoms with van der Waals surface area (Å²) in [6.45, 7) is 5.87. The first-order chi connectivity index (χ1) is 11.3. The normalized spacial score (nSPS) is 11.0. The lowest BCUT2D eigenvalue weighted by Gasteiger charge is -2.19. The monoisotopic (exact) mass is 330 g/mol. The molecule has 1 aromatic carbocycles. The number of carbonyl (C=O) groups excluding carboxylic acids is 2. The molecule has 2 aromatic rings. The number of rotatable bonds is 5. The van der Waals surface area contributed by atoms with Crippen LogP contribution in [0.25, 0.3) is 0 Å². The number of amides is 2. The Labute approximate surface area is 141 Å². The molecule has 0 bridgehead atoms. The van der Waals surface area contributed by atoms with Gasteiger partial charge < -0.3 is 14.5 Å². The van der Waals surface area contributed by atoms with E-state index in [1.54, 1.807) is 51.3 Å². The van der Waals surface area contributed by atoms with E-state index >= 15 is 0 Å². The Kier molecular flexibility index (Phi) is 5.63. The second-order valence-corrected chi connectivity index (χ2v) is 6.29. The van der Waals surface area contributed by atoms with E-state index in [1.807, 2.05) is 12.1 Å². The first kappa shape index (κ1) is 17.6. The number of hydrogen-bond donors (Lipinski definition) is 2. The number of carbonyl (C=O) groups is 2. The van der Waals surface area contributed by atoms with E-state index in [0.29, 0.717) is 24.2 Å². The molecular formula is C18H22N2O4. The molecule has 0 unspecified atom stereocenters. The van der Waals surface area contributed by atoms with Crippen LogP contribution in [-0.2, 0) is 11.2 Å². The van der Waals surface area contributed by atoms with E-state index < -0.39 is 11.7 Å². The van der Waals surface area contributed by atoms with E-state index in [9.17, 15) is 9.59 Å². The summed E-state index contributed by atoms with van der Waals surface area (Å²) in [4.78, 5) is 23.7. The van der Waals surface area contributed by atoms with Crippen LogP contribution >= 0.6 is 0 Å². The Morgan fingerprint density at radius 1 is 1.12 bits per heavy atom. The molecule has 0 saturated carbocycles. The van der Waals surface area contributed by atoms with Crippen LogP contribution in [-0.4, -0.2) is 24.1 Å². The average molecular weight is 330 g/mol. The predicted octanol–water partition coefficient (Wildman–Crippen LogP) is 3.60. The smallest absolute Gasteiger partial charge is 0.412 e. The fourth-order valence-electron chi connectivity index (χ4n) is 1.98. The SMILES string of the molecule is CC(C)(C)OC(=O)Nc1ccc(C(=O)NCCc2ccco2)cc1. The van der Waals surface area contributed by atoms with Gasteiger partial charge in [-0.15, -0.1) is 0 Å². The van der Waals surface area contributed by atoms with E-state index in [2.05, 4.69) is 10.6 Å². The Hall–Kier alpha value is -2.76. The second-order valence-electron chi connectivity index (χ2n) is 6.29. The molecule has 128 valence electrons. The summed E-state index contributed by atoms with van der Waals surface area (Å²) in [7, 11) is 0. The van der Waals surface area contributed by atoms with Crippen molar-refractivity contribution in [1.29, 1.82) is 0 Å². The van der Waals surface area contributed by atoms with Crippen molar-refractivity contribution in [2.45, 2.75) is 32.8 Å². The number of furan rings is 1. The largest absolute Gasteiger partial charge is 0.469 e. The van der Waals surface area contributed by atoms with Gasteiger partial charge in [0.1, 0.15) is 11.4 Å². The molecule has 0 saturated heterocycles. The van der Waals surface area contributed by atoms with Crippen molar-refractivity contribution in [3.63, 3.8) is 0 Å². The zero-order chi connectivity index (χ0) is 17.6. The summed E-state index contributed by atoms with van der Waals surface area (Å²) in [5, 5.41) is 5.44. The van der Waals surface area contributed by atoms with Crippen molar-refractivity contribution in [1.82, 2.24) is 5.32 Å². The Balaban J connectivity index is 1.82. The minimum Gasteiger partial charge on any atom is -0.469 e. The van der Waals surface area contributed by atoms with Crippen LogP contribution < -0.4 is 10.6 Å². The Morgan fingerprint density at radius 2 is 1.83 bits per heavy atom. The molecule has 0 aliphatic carbocycles. The quantitative estimate of drug-likeness (QED) is 0.878. The lowest BCUT2D eigenvalue weighted by molar-refractivity contribution is 0.0635. The molecule has 0 aliphatic rings. The standard InChI is InChI=1S/C18H22N2O4/c1-18(2,3)24-17(22)20-14-8-6-13(7-9-14)16(21)19-11-10-15-5-4-12-23-15/h4-9,12H,10-11H2,1-3H3,(H,19,21)(H,20,22). The van der Waals surface area contributed by atoms with Crippen molar-refractivity contribution in [3.8, 4) is 0 Å². The third kappa shape index (κ3) is 5.79. The van der Waals surface area contributed by atoms with Crippen molar-refractivity contribution >= 4 is 17.7 Å². The topological polar surface area (TPSA) is 80.6 Å². The van der Waals surface area contributed by atoms with Crippen LogP contribution in [0.3, 0.4) is 0 Å². The number of hydrogen-bond acceptors (Lipinski definition) is 4. The van der Waals surface area contributed by atoms with Gasteiger partial charge in [-0.25, -0.2) is 4.79 Å². The maximum atomic E-state index is 12.0. The molecule has 24 heavy (non-hydrogen) atoms. The summed E-state index contributed by atoms with van der Waals surface area (Å²) >= 11 is 0. The molecule has 1 heterocycles. The number of nitrogens with one attached hydrogen (secondary N) is 2. The first-order valence-electron chi connectivity index (χ1n) is 7.74. The molecule has 2 rings (SSSR count). The maximum Gasteiger partial charge on any atom is 0.412 e. The van der Waals surface area contributed by atoms with Crippen LogP contribution in [0, 0.1) is 0 Å². The zero-order valence-electron chi connectivity index (χ0n) is 14.1. The van der Waals surface area contributed by atoms with Crippen LogP contribution in [0.4, 0.5) is 10.5 Å². The zero-order valence-corrected chi connectivity index (χ0v) is 14.1. The molecule has 1 aromatic heterocycles. The third-order valence-corrected chi connectivity index (χ3v) is 3.03. The van der Waals surface area contributed by atoms with Crippen LogP contribution in [0.15, 0.2) is 47.1 Å². The van der Waals surface area contributed by atoms with Gasteiger partial charge in [0.25, 0.3) is 5.91 Å². The Bertz CT molecular complexity index is 670. The number of benzene rings is 1. The first-order valence-corrected chi connectivity index (χ1v) is 7.74. The highest BCUT2D eigenvalue weighted by Gasteiger charge is 2.16. The molecule has 0 atom stereocenters. The highest BCUT2D eigenvalue weighted by atomic mass is 16.6. The van der Waals surface area contributed by atoms with Crippen LogP contribution in [0.1, 0.15) is 36.9 Å².